The van der Waals surface area contributed by atoms with Crippen LogP contribution in [0, 0.1) is 11.7 Å². The molecule has 4 nitrogen and oxygen atoms in total. The molecule has 19 heavy (non-hydrogen) atoms. The van der Waals surface area contributed by atoms with E-state index in [1.165, 1.54) is 6.07 Å². The predicted molar refractivity (Wildman–Crippen MR) is 70.3 cm³/mol. The number of hydrogen-bond acceptors (Lipinski definition) is 3. The molecule has 0 radical (unpaired) electrons. The van der Waals surface area contributed by atoms with Crippen LogP contribution >= 0.6 is 0 Å². The second-order valence-corrected chi connectivity index (χ2v) is 5.16. The zero-order valence-corrected chi connectivity index (χ0v) is 10.7. The summed E-state index contributed by atoms with van der Waals surface area (Å²) in [6.45, 7) is 0.516. The van der Waals surface area contributed by atoms with Gasteiger partial charge in [-0.3, -0.25) is 4.79 Å². The summed E-state index contributed by atoms with van der Waals surface area (Å²) in [6.07, 6.45) is 4.06. The van der Waals surface area contributed by atoms with E-state index >= 15 is 0 Å². The number of phenols is 1. The fraction of sp³-hybridized carbons (Fsp3) is 0.500. The quantitative estimate of drug-likeness (QED) is 0.780. The van der Waals surface area contributed by atoms with Crippen LogP contribution in [0.2, 0.25) is 0 Å². The van der Waals surface area contributed by atoms with E-state index in [9.17, 15) is 14.3 Å². The smallest absolute Gasteiger partial charge is 0.255 e. The minimum absolute atomic E-state index is 0.0277. The van der Waals surface area contributed by atoms with Crippen LogP contribution < -0.4 is 11.1 Å². The van der Waals surface area contributed by atoms with E-state index in [0.29, 0.717) is 12.5 Å². The third-order valence-electron chi connectivity index (χ3n) is 3.58. The lowest BCUT2D eigenvalue weighted by Gasteiger charge is -2.26. The summed E-state index contributed by atoms with van der Waals surface area (Å²) in [5, 5.41) is 12.3. The van der Waals surface area contributed by atoms with Gasteiger partial charge in [0, 0.05) is 12.6 Å². The van der Waals surface area contributed by atoms with Crippen molar-refractivity contribution in [1.29, 1.82) is 0 Å². The molecule has 1 aliphatic rings. The topological polar surface area (TPSA) is 75.3 Å². The molecule has 1 aliphatic carbocycles. The Kier molecular flexibility index (Phi) is 4.37. The normalized spacial score (nSPS) is 23.1. The van der Waals surface area contributed by atoms with Crippen molar-refractivity contribution in [2.45, 2.75) is 31.7 Å². The molecule has 0 saturated heterocycles. The Morgan fingerprint density at radius 1 is 1.47 bits per heavy atom. The van der Waals surface area contributed by atoms with Crippen LogP contribution in [-0.4, -0.2) is 23.6 Å². The molecule has 1 aromatic rings. The van der Waals surface area contributed by atoms with Gasteiger partial charge in [0.25, 0.3) is 5.91 Å². The molecule has 1 saturated carbocycles. The van der Waals surface area contributed by atoms with Crippen molar-refractivity contribution >= 4 is 5.91 Å². The van der Waals surface area contributed by atoms with Crippen LogP contribution in [-0.2, 0) is 0 Å². The fourth-order valence-electron chi connectivity index (χ4n) is 2.54. The first kappa shape index (κ1) is 13.8. The van der Waals surface area contributed by atoms with Crippen molar-refractivity contribution in [2.24, 2.45) is 11.7 Å². The van der Waals surface area contributed by atoms with Crippen LogP contribution in [0.3, 0.4) is 0 Å². The average molecular weight is 266 g/mol. The number of carbonyl (C=O) groups excluding carboxylic acids is 1. The number of rotatable bonds is 3. The van der Waals surface area contributed by atoms with Crippen LogP contribution in [0.5, 0.6) is 5.75 Å². The summed E-state index contributed by atoms with van der Waals surface area (Å²) >= 11 is 0. The number of nitrogens with two attached hydrogens (primary N) is 1. The van der Waals surface area contributed by atoms with E-state index in [4.69, 9.17) is 5.73 Å². The number of carbonyl (C=O) groups is 1. The molecular formula is C14H19FN2O2. The van der Waals surface area contributed by atoms with Gasteiger partial charge in [-0.1, -0.05) is 6.42 Å². The largest absolute Gasteiger partial charge is 0.507 e. The lowest BCUT2D eigenvalue weighted by Crippen LogP contribution is -2.35. The molecule has 104 valence electrons. The molecule has 0 aromatic heterocycles. The van der Waals surface area contributed by atoms with Crippen molar-refractivity contribution < 1.29 is 14.3 Å². The molecule has 4 N–H and O–H groups in total. The van der Waals surface area contributed by atoms with Crippen molar-refractivity contribution in [2.75, 3.05) is 6.54 Å². The first-order valence-electron chi connectivity index (χ1n) is 6.58. The lowest BCUT2D eigenvalue weighted by atomic mass is 9.86. The molecule has 0 spiro atoms. The van der Waals surface area contributed by atoms with Gasteiger partial charge in [-0.15, -0.1) is 0 Å². The predicted octanol–water partition coefficient (Wildman–Crippen LogP) is 1.78. The number of halogens is 1. The highest BCUT2D eigenvalue weighted by molar-refractivity contribution is 5.96. The molecule has 1 fully saturated rings. The second kappa shape index (κ2) is 6.02. The lowest BCUT2D eigenvalue weighted by molar-refractivity contribution is 0.0939. The molecule has 0 bridgehead atoms. The molecular weight excluding hydrogens is 247 g/mol. The minimum Gasteiger partial charge on any atom is -0.507 e. The number of nitrogens with one attached hydrogen (secondary N) is 1. The molecule has 2 rings (SSSR count). The monoisotopic (exact) mass is 266 g/mol. The van der Waals surface area contributed by atoms with Crippen LogP contribution in [0.15, 0.2) is 18.2 Å². The highest BCUT2D eigenvalue weighted by Crippen LogP contribution is 2.23. The molecule has 5 heteroatoms. The summed E-state index contributed by atoms with van der Waals surface area (Å²) < 4.78 is 13.0. The molecule has 0 heterocycles. The Bertz CT molecular complexity index is 465. The first-order valence-corrected chi connectivity index (χ1v) is 6.58. The highest BCUT2D eigenvalue weighted by Gasteiger charge is 2.20. The van der Waals surface area contributed by atoms with Crippen LogP contribution in [0.4, 0.5) is 4.39 Å². The Labute approximate surface area is 111 Å². The van der Waals surface area contributed by atoms with Gasteiger partial charge >= 0.3 is 0 Å². The van der Waals surface area contributed by atoms with E-state index in [1.807, 2.05) is 0 Å². The Hall–Kier alpha value is -1.62. The zero-order valence-electron chi connectivity index (χ0n) is 10.7. The standard InChI is InChI=1S/C14H19FN2O2/c15-10-4-5-13(18)12(7-10)14(19)17-8-9-2-1-3-11(16)6-9/h4-5,7,9,11,18H,1-3,6,8,16H2,(H,17,19). The van der Waals surface area contributed by atoms with Crippen LogP contribution in [0.1, 0.15) is 36.0 Å². The second-order valence-electron chi connectivity index (χ2n) is 5.16. The molecule has 2 atom stereocenters. The van der Waals surface area contributed by atoms with E-state index in [-0.39, 0.29) is 17.4 Å². The highest BCUT2D eigenvalue weighted by atomic mass is 19.1. The van der Waals surface area contributed by atoms with Crippen LogP contribution in [0.25, 0.3) is 0 Å². The zero-order chi connectivity index (χ0) is 13.8. The Morgan fingerprint density at radius 3 is 3.00 bits per heavy atom. The summed E-state index contributed by atoms with van der Waals surface area (Å²) in [7, 11) is 0. The number of phenolic OH excluding ortho intramolecular Hbond substituents is 1. The number of aromatic hydroxyl groups is 1. The summed E-state index contributed by atoms with van der Waals surface area (Å²) in [6, 6.07) is 3.54. The van der Waals surface area contributed by atoms with Gasteiger partial charge in [0.1, 0.15) is 11.6 Å². The molecule has 1 aromatic carbocycles. The SMILES string of the molecule is NC1CCCC(CNC(=O)c2cc(F)ccc2O)C1. The van der Waals surface area contributed by atoms with Gasteiger partial charge in [-0.05, 0) is 43.4 Å². The number of hydrogen-bond donors (Lipinski definition) is 3. The van der Waals surface area contributed by atoms with Gasteiger partial charge < -0.3 is 16.2 Å². The maximum Gasteiger partial charge on any atom is 0.255 e. The maximum atomic E-state index is 13.0. The molecule has 0 aliphatic heterocycles. The van der Waals surface area contributed by atoms with Crippen molar-refractivity contribution in [3.63, 3.8) is 0 Å². The summed E-state index contributed by atoms with van der Waals surface area (Å²) in [5.74, 6) is -0.832. The van der Waals surface area contributed by atoms with Gasteiger partial charge in [0.05, 0.1) is 5.56 Å². The Balaban J connectivity index is 1.92. The number of benzene rings is 1. The average Bonchev–Trinajstić information content (AvgIpc) is 2.39. The van der Waals surface area contributed by atoms with Crippen molar-refractivity contribution in [3.05, 3.63) is 29.6 Å². The third-order valence-corrected chi connectivity index (χ3v) is 3.58. The van der Waals surface area contributed by atoms with E-state index < -0.39 is 11.7 Å². The maximum absolute atomic E-state index is 13.0. The summed E-state index contributed by atoms with van der Waals surface area (Å²) in [5.41, 5.74) is 5.86. The third kappa shape index (κ3) is 3.67. The van der Waals surface area contributed by atoms with Gasteiger partial charge in [-0.25, -0.2) is 4.39 Å². The fourth-order valence-corrected chi connectivity index (χ4v) is 2.54. The molecule has 2 unspecified atom stereocenters. The Morgan fingerprint density at radius 2 is 2.26 bits per heavy atom. The van der Waals surface area contributed by atoms with Gasteiger partial charge in [0.15, 0.2) is 0 Å². The van der Waals surface area contributed by atoms with Crippen molar-refractivity contribution in [3.8, 4) is 5.75 Å². The first-order chi connectivity index (χ1) is 9.06. The number of amides is 1. The van der Waals surface area contributed by atoms with Gasteiger partial charge in [-0.2, -0.15) is 0 Å². The van der Waals surface area contributed by atoms with E-state index in [2.05, 4.69) is 5.32 Å². The van der Waals surface area contributed by atoms with Crippen molar-refractivity contribution in [1.82, 2.24) is 5.32 Å². The minimum atomic E-state index is -0.539. The van der Waals surface area contributed by atoms with E-state index in [1.54, 1.807) is 0 Å². The molecule has 1 amide bonds. The van der Waals surface area contributed by atoms with Gasteiger partial charge in [0.2, 0.25) is 0 Å². The van der Waals surface area contributed by atoms with E-state index in [0.717, 1.165) is 37.8 Å². The summed E-state index contributed by atoms with van der Waals surface area (Å²) in [4.78, 5) is 11.9.